The molecule has 0 bridgehead atoms. The van der Waals surface area contributed by atoms with Crippen LogP contribution in [0.4, 0.5) is 10.1 Å². The summed E-state index contributed by atoms with van der Waals surface area (Å²) in [6, 6.07) is 14.1. The normalized spacial score (nSPS) is 11.0. The van der Waals surface area contributed by atoms with Crippen LogP contribution in [-0.2, 0) is 4.79 Å². The summed E-state index contributed by atoms with van der Waals surface area (Å²) in [4.78, 5) is 25.0. The first kappa shape index (κ1) is 18.7. The van der Waals surface area contributed by atoms with Gasteiger partial charge in [0, 0.05) is 11.8 Å². The number of rotatable bonds is 4. The van der Waals surface area contributed by atoms with Gasteiger partial charge in [-0.05, 0) is 67.4 Å². The third kappa shape index (κ3) is 3.82. The molecule has 29 heavy (non-hydrogen) atoms. The Balaban J connectivity index is 1.58. The summed E-state index contributed by atoms with van der Waals surface area (Å²) >= 11 is 0. The third-order valence-corrected chi connectivity index (χ3v) is 4.57. The van der Waals surface area contributed by atoms with Crippen LogP contribution in [0.3, 0.4) is 0 Å². The van der Waals surface area contributed by atoms with E-state index in [0.717, 1.165) is 11.1 Å². The minimum absolute atomic E-state index is 0.106. The van der Waals surface area contributed by atoms with Gasteiger partial charge in [-0.3, -0.25) is 9.59 Å². The van der Waals surface area contributed by atoms with Crippen molar-refractivity contribution in [3.63, 3.8) is 0 Å². The molecule has 0 aliphatic carbocycles. The van der Waals surface area contributed by atoms with E-state index in [2.05, 4.69) is 5.32 Å². The van der Waals surface area contributed by atoms with Gasteiger partial charge in [0.1, 0.15) is 22.7 Å². The van der Waals surface area contributed by atoms with Crippen LogP contribution in [0.1, 0.15) is 11.1 Å². The summed E-state index contributed by atoms with van der Waals surface area (Å²) in [6.07, 6.45) is 0. The van der Waals surface area contributed by atoms with Gasteiger partial charge in [-0.25, -0.2) is 4.39 Å². The van der Waals surface area contributed by atoms with Crippen molar-refractivity contribution in [2.75, 3.05) is 11.9 Å². The zero-order valence-electron chi connectivity index (χ0n) is 15.9. The summed E-state index contributed by atoms with van der Waals surface area (Å²) in [6.45, 7) is 3.59. The van der Waals surface area contributed by atoms with E-state index in [0.29, 0.717) is 33.4 Å². The Morgan fingerprint density at radius 1 is 1.03 bits per heavy atom. The lowest BCUT2D eigenvalue weighted by Gasteiger charge is -2.09. The van der Waals surface area contributed by atoms with E-state index in [1.165, 1.54) is 24.3 Å². The smallest absolute Gasteiger partial charge is 0.262 e. The molecule has 0 saturated carbocycles. The Kier molecular flexibility index (Phi) is 4.76. The Morgan fingerprint density at radius 2 is 1.79 bits per heavy atom. The van der Waals surface area contributed by atoms with E-state index in [1.54, 1.807) is 18.2 Å². The average molecular weight is 391 g/mol. The lowest BCUT2D eigenvalue weighted by molar-refractivity contribution is -0.118. The van der Waals surface area contributed by atoms with E-state index < -0.39 is 0 Å². The second-order valence-corrected chi connectivity index (χ2v) is 6.89. The summed E-state index contributed by atoms with van der Waals surface area (Å²) in [5.74, 6) is -0.371. The molecule has 0 fully saturated rings. The Bertz CT molecular complexity index is 1290. The highest BCUT2D eigenvalue weighted by Crippen LogP contribution is 2.25. The van der Waals surface area contributed by atoms with Gasteiger partial charge in [0.15, 0.2) is 6.61 Å². The molecule has 4 aromatic rings. The van der Waals surface area contributed by atoms with Crippen LogP contribution >= 0.6 is 0 Å². The average Bonchev–Trinajstić information content (AvgIpc) is 2.68. The summed E-state index contributed by atoms with van der Waals surface area (Å²) < 4.78 is 24.2. The second-order valence-electron chi connectivity index (χ2n) is 6.89. The van der Waals surface area contributed by atoms with Gasteiger partial charge in [-0.1, -0.05) is 6.07 Å². The molecule has 0 saturated heterocycles. The van der Waals surface area contributed by atoms with Gasteiger partial charge in [0.25, 0.3) is 5.91 Å². The molecule has 0 unspecified atom stereocenters. The fourth-order valence-corrected chi connectivity index (χ4v) is 3.26. The van der Waals surface area contributed by atoms with E-state index in [-0.39, 0.29) is 23.8 Å². The van der Waals surface area contributed by atoms with Crippen molar-refractivity contribution in [2.24, 2.45) is 0 Å². The number of carbonyl (C=O) groups is 1. The standard InChI is InChI=1S/C23H18FNO4/c1-13-9-14(2)23-19(10-13)22(27)18-8-5-16(11-20(18)29-23)25-21(26)12-28-17-6-3-15(24)4-7-17/h3-11H,12H2,1-2H3,(H,25,26). The Morgan fingerprint density at radius 3 is 2.55 bits per heavy atom. The SMILES string of the molecule is Cc1cc(C)c2oc3cc(NC(=O)COc4ccc(F)cc4)ccc3c(=O)c2c1. The van der Waals surface area contributed by atoms with Crippen molar-refractivity contribution >= 4 is 33.5 Å². The molecule has 1 heterocycles. The fourth-order valence-electron chi connectivity index (χ4n) is 3.26. The van der Waals surface area contributed by atoms with Crippen molar-refractivity contribution in [1.82, 2.24) is 0 Å². The highest BCUT2D eigenvalue weighted by Gasteiger charge is 2.12. The number of benzene rings is 3. The zero-order chi connectivity index (χ0) is 20.5. The summed E-state index contributed by atoms with van der Waals surface area (Å²) in [5.41, 5.74) is 3.18. The van der Waals surface area contributed by atoms with Gasteiger partial charge in [-0.15, -0.1) is 0 Å². The van der Waals surface area contributed by atoms with Crippen LogP contribution in [0, 0.1) is 19.7 Å². The number of hydrogen-bond donors (Lipinski definition) is 1. The first-order valence-electron chi connectivity index (χ1n) is 9.07. The molecule has 1 amide bonds. The van der Waals surface area contributed by atoms with Crippen LogP contribution in [0.25, 0.3) is 21.9 Å². The maximum Gasteiger partial charge on any atom is 0.262 e. The van der Waals surface area contributed by atoms with E-state index in [9.17, 15) is 14.0 Å². The van der Waals surface area contributed by atoms with Crippen molar-refractivity contribution < 1.29 is 18.3 Å². The largest absolute Gasteiger partial charge is 0.484 e. The van der Waals surface area contributed by atoms with E-state index >= 15 is 0 Å². The van der Waals surface area contributed by atoms with Crippen molar-refractivity contribution in [3.8, 4) is 5.75 Å². The monoisotopic (exact) mass is 391 g/mol. The van der Waals surface area contributed by atoms with Crippen molar-refractivity contribution in [2.45, 2.75) is 13.8 Å². The van der Waals surface area contributed by atoms with Gasteiger partial charge in [-0.2, -0.15) is 0 Å². The molecule has 0 atom stereocenters. The molecule has 1 N–H and O–H groups in total. The minimum Gasteiger partial charge on any atom is -0.484 e. The van der Waals surface area contributed by atoms with Crippen LogP contribution < -0.4 is 15.5 Å². The number of halogens is 1. The van der Waals surface area contributed by atoms with Gasteiger partial charge in [0.05, 0.1) is 10.8 Å². The molecular weight excluding hydrogens is 373 g/mol. The molecule has 5 nitrogen and oxygen atoms in total. The Labute approximate surface area is 165 Å². The lowest BCUT2D eigenvalue weighted by atomic mass is 10.1. The molecule has 146 valence electrons. The third-order valence-electron chi connectivity index (χ3n) is 4.57. The van der Waals surface area contributed by atoms with Gasteiger partial charge in [0.2, 0.25) is 5.43 Å². The number of fused-ring (bicyclic) bond motifs is 2. The molecule has 6 heteroatoms. The number of nitrogens with one attached hydrogen (secondary N) is 1. The Hall–Kier alpha value is -3.67. The number of carbonyl (C=O) groups excluding carboxylic acids is 1. The molecule has 4 rings (SSSR count). The fraction of sp³-hybridized carbons (Fsp3) is 0.130. The minimum atomic E-state index is -0.386. The first-order chi connectivity index (χ1) is 13.9. The van der Waals surface area contributed by atoms with Gasteiger partial charge < -0.3 is 14.5 Å². The molecule has 0 aliphatic heterocycles. The van der Waals surface area contributed by atoms with Gasteiger partial charge >= 0.3 is 0 Å². The number of hydrogen-bond acceptors (Lipinski definition) is 4. The predicted molar refractivity (Wildman–Crippen MR) is 110 cm³/mol. The van der Waals surface area contributed by atoms with Crippen molar-refractivity contribution in [1.29, 1.82) is 0 Å². The molecular formula is C23H18FNO4. The number of amides is 1. The maximum atomic E-state index is 12.9. The van der Waals surface area contributed by atoms with Crippen LogP contribution in [0.2, 0.25) is 0 Å². The summed E-state index contributed by atoms with van der Waals surface area (Å²) in [5, 5.41) is 3.70. The maximum absolute atomic E-state index is 12.9. The second kappa shape index (κ2) is 7.39. The number of anilines is 1. The predicted octanol–water partition coefficient (Wildman–Crippen LogP) is 4.72. The molecule has 0 aliphatic rings. The highest BCUT2D eigenvalue weighted by molar-refractivity contribution is 5.96. The molecule has 0 radical (unpaired) electrons. The van der Waals surface area contributed by atoms with Crippen LogP contribution in [0.5, 0.6) is 5.75 Å². The molecule has 0 spiro atoms. The number of ether oxygens (including phenoxy) is 1. The van der Waals surface area contributed by atoms with E-state index in [4.69, 9.17) is 9.15 Å². The topological polar surface area (TPSA) is 68.5 Å². The first-order valence-corrected chi connectivity index (χ1v) is 9.07. The highest BCUT2D eigenvalue weighted by atomic mass is 19.1. The van der Waals surface area contributed by atoms with Crippen LogP contribution in [-0.4, -0.2) is 12.5 Å². The molecule has 3 aromatic carbocycles. The lowest BCUT2D eigenvalue weighted by Crippen LogP contribution is -2.20. The van der Waals surface area contributed by atoms with Crippen molar-refractivity contribution in [3.05, 3.63) is 81.8 Å². The molecule has 1 aromatic heterocycles. The van der Waals surface area contributed by atoms with E-state index in [1.807, 2.05) is 26.0 Å². The quantitative estimate of drug-likeness (QED) is 0.511. The zero-order valence-corrected chi connectivity index (χ0v) is 15.9. The number of aryl methyl sites for hydroxylation is 2. The van der Waals surface area contributed by atoms with Crippen LogP contribution in [0.15, 0.2) is 63.8 Å². The summed E-state index contributed by atoms with van der Waals surface area (Å²) in [7, 11) is 0.